The molecular weight excluding hydrogens is 226 g/mol. The van der Waals surface area contributed by atoms with Gasteiger partial charge in [-0.2, -0.15) is 0 Å². The van der Waals surface area contributed by atoms with Crippen LogP contribution in [0.1, 0.15) is 32.8 Å². The van der Waals surface area contributed by atoms with E-state index < -0.39 is 0 Å². The number of ether oxygens (including phenoxy) is 1. The fraction of sp³-hybridized carbons (Fsp3) is 0.533. The first-order valence-electron chi connectivity index (χ1n) is 6.54. The summed E-state index contributed by atoms with van der Waals surface area (Å²) in [7, 11) is 0. The maximum absolute atomic E-state index is 11.5. The Morgan fingerprint density at radius 1 is 1.39 bits per heavy atom. The van der Waals surface area contributed by atoms with Gasteiger partial charge in [0.15, 0.2) is 0 Å². The number of benzene rings is 1. The van der Waals surface area contributed by atoms with Crippen LogP contribution in [0.3, 0.4) is 0 Å². The molecule has 0 bridgehead atoms. The maximum atomic E-state index is 11.5. The van der Waals surface area contributed by atoms with E-state index in [1.807, 2.05) is 19.9 Å². The molecule has 1 aromatic carbocycles. The third-order valence-electron chi connectivity index (χ3n) is 2.70. The third-order valence-corrected chi connectivity index (χ3v) is 2.70. The highest BCUT2D eigenvalue weighted by Gasteiger charge is 2.09. The maximum Gasteiger partial charge on any atom is 0.307 e. The number of carbonyl (C=O) groups is 1. The summed E-state index contributed by atoms with van der Waals surface area (Å²) in [5.74, 6) is -0.129. The van der Waals surface area contributed by atoms with Crippen molar-refractivity contribution in [2.75, 3.05) is 18.0 Å². The Labute approximate surface area is 110 Å². The molecule has 0 heterocycles. The van der Waals surface area contributed by atoms with E-state index in [9.17, 15) is 4.79 Å². The number of esters is 1. The average molecular weight is 249 g/mol. The molecular formula is C15H23NO2. The molecule has 0 unspecified atom stereocenters. The standard InChI is InChI=1S/C15H23NO2/c1-5-16(10-9-15(17)18-12(2)3)14-8-6-7-13(4)11-14/h6-8,11-12H,5,9-10H2,1-4H3. The van der Waals surface area contributed by atoms with E-state index in [-0.39, 0.29) is 12.1 Å². The molecule has 1 rings (SSSR count). The zero-order chi connectivity index (χ0) is 13.5. The van der Waals surface area contributed by atoms with Gasteiger partial charge in [-0.1, -0.05) is 12.1 Å². The van der Waals surface area contributed by atoms with Crippen molar-refractivity contribution in [2.24, 2.45) is 0 Å². The lowest BCUT2D eigenvalue weighted by molar-refractivity contribution is -0.147. The van der Waals surface area contributed by atoms with Crippen LogP contribution in [-0.4, -0.2) is 25.2 Å². The lowest BCUT2D eigenvalue weighted by Crippen LogP contribution is -2.27. The molecule has 3 heteroatoms. The number of hydrogen-bond acceptors (Lipinski definition) is 3. The Kier molecular flexibility index (Phi) is 5.69. The second kappa shape index (κ2) is 7.04. The molecule has 0 amide bonds. The molecule has 0 aromatic heterocycles. The van der Waals surface area contributed by atoms with Crippen LogP contribution in [0.15, 0.2) is 24.3 Å². The Bertz CT molecular complexity index is 388. The van der Waals surface area contributed by atoms with Crippen molar-refractivity contribution in [3.05, 3.63) is 29.8 Å². The molecule has 0 atom stereocenters. The SMILES string of the molecule is CCN(CCC(=O)OC(C)C)c1cccc(C)c1. The van der Waals surface area contributed by atoms with Gasteiger partial charge < -0.3 is 9.64 Å². The van der Waals surface area contributed by atoms with Crippen molar-refractivity contribution in [3.8, 4) is 0 Å². The van der Waals surface area contributed by atoms with E-state index in [2.05, 4.69) is 36.9 Å². The van der Waals surface area contributed by atoms with Crippen LogP contribution in [0.5, 0.6) is 0 Å². The normalized spacial score (nSPS) is 10.5. The number of aryl methyl sites for hydroxylation is 1. The fourth-order valence-electron chi connectivity index (χ4n) is 1.84. The highest BCUT2D eigenvalue weighted by atomic mass is 16.5. The summed E-state index contributed by atoms with van der Waals surface area (Å²) in [5, 5.41) is 0. The van der Waals surface area contributed by atoms with Gasteiger partial charge in [0.2, 0.25) is 0 Å². The predicted molar refractivity (Wildman–Crippen MR) is 74.9 cm³/mol. The number of hydrogen-bond donors (Lipinski definition) is 0. The first-order chi connectivity index (χ1) is 8.52. The largest absolute Gasteiger partial charge is 0.463 e. The van der Waals surface area contributed by atoms with Gasteiger partial charge >= 0.3 is 5.97 Å². The quantitative estimate of drug-likeness (QED) is 0.725. The summed E-state index contributed by atoms with van der Waals surface area (Å²) in [6.07, 6.45) is 0.395. The number of nitrogens with zero attached hydrogens (tertiary/aromatic N) is 1. The topological polar surface area (TPSA) is 29.5 Å². The van der Waals surface area contributed by atoms with E-state index in [1.165, 1.54) is 5.56 Å². The minimum absolute atomic E-state index is 0.0356. The zero-order valence-electron chi connectivity index (χ0n) is 11.8. The van der Waals surface area contributed by atoms with E-state index in [0.29, 0.717) is 13.0 Å². The molecule has 0 radical (unpaired) electrons. The van der Waals surface area contributed by atoms with Crippen molar-refractivity contribution in [3.63, 3.8) is 0 Å². The van der Waals surface area contributed by atoms with Crippen LogP contribution in [-0.2, 0) is 9.53 Å². The van der Waals surface area contributed by atoms with Crippen molar-refractivity contribution >= 4 is 11.7 Å². The highest BCUT2D eigenvalue weighted by molar-refractivity contribution is 5.70. The summed E-state index contributed by atoms with van der Waals surface area (Å²) in [5.41, 5.74) is 2.39. The van der Waals surface area contributed by atoms with Crippen molar-refractivity contribution in [1.29, 1.82) is 0 Å². The van der Waals surface area contributed by atoms with Gasteiger partial charge in [0.05, 0.1) is 12.5 Å². The van der Waals surface area contributed by atoms with Crippen LogP contribution in [0.4, 0.5) is 5.69 Å². The minimum atomic E-state index is -0.129. The van der Waals surface area contributed by atoms with Crippen LogP contribution < -0.4 is 4.90 Å². The molecule has 0 saturated carbocycles. The van der Waals surface area contributed by atoms with Gasteiger partial charge in [0, 0.05) is 18.8 Å². The lowest BCUT2D eigenvalue weighted by Gasteiger charge is -2.23. The van der Waals surface area contributed by atoms with Gasteiger partial charge in [-0.25, -0.2) is 0 Å². The zero-order valence-corrected chi connectivity index (χ0v) is 11.8. The Morgan fingerprint density at radius 3 is 2.67 bits per heavy atom. The monoisotopic (exact) mass is 249 g/mol. The number of carbonyl (C=O) groups excluding carboxylic acids is 1. The lowest BCUT2D eigenvalue weighted by atomic mass is 10.2. The van der Waals surface area contributed by atoms with E-state index >= 15 is 0 Å². The van der Waals surface area contributed by atoms with E-state index in [4.69, 9.17) is 4.74 Å². The summed E-state index contributed by atoms with van der Waals surface area (Å²) in [6, 6.07) is 8.33. The highest BCUT2D eigenvalue weighted by Crippen LogP contribution is 2.16. The molecule has 0 N–H and O–H groups in total. The molecule has 1 aromatic rings. The van der Waals surface area contributed by atoms with E-state index in [1.54, 1.807) is 0 Å². The average Bonchev–Trinajstić information content (AvgIpc) is 2.29. The second-order valence-electron chi connectivity index (χ2n) is 4.71. The number of rotatable bonds is 6. The first kappa shape index (κ1) is 14.6. The third kappa shape index (κ3) is 4.78. The first-order valence-corrected chi connectivity index (χ1v) is 6.54. The van der Waals surface area contributed by atoms with Crippen molar-refractivity contribution in [1.82, 2.24) is 0 Å². The van der Waals surface area contributed by atoms with Crippen molar-refractivity contribution < 1.29 is 9.53 Å². The van der Waals surface area contributed by atoms with Gasteiger partial charge in [0.1, 0.15) is 0 Å². The molecule has 18 heavy (non-hydrogen) atoms. The molecule has 0 aliphatic heterocycles. The molecule has 3 nitrogen and oxygen atoms in total. The van der Waals surface area contributed by atoms with Crippen LogP contribution in [0.25, 0.3) is 0 Å². The van der Waals surface area contributed by atoms with Crippen LogP contribution >= 0.6 is 0 Å². The molecule has 0 saturated heterocycles. The van der Waals surface area contributed by atoms with Crippen LogP contribution in [0, 0.1) is 6.92 Å². The molecule has 0 aliphatic rings. The molecule has 0 aliphatic carbocycles. The Hall–Kier alpha value is -1.51. The second-order valence-corrected chi connectivity index (χ2v) is 4.71. The molecule has 0 fully saturated rings. The summed E-state index contributed by atoms with van der Waals surface area (Å²) >= 11 is 0. The summed E-state index contributed by atoms with van der Waals surface area (Å²) in [6.45, 7) is 9.50. The van der Waals surface area contributed by atoms with Gasteiger partial charge in [-0.05, 0) is 45.4 Å². The molecule has 0 spiro atoms. The number of anilines is 1. The van der Waals surface area contributed by atoms with Gasteiger partial charge in [0.25, 0.3) is 0 Å². The van der Waals surface area contributed by atoms with Crippen molar-refractivity contribution in [2.45, 2.75) is 40.2 Å². The smallest absolute Gasteiger partial charge is 0.307 e. The fourth-order valence-corrected chi connectivity index (χ4v) is 1.84. The van der Waals surface area contributed by atoms with Gasteiger partial charge in [-0.15, -0.1) is 0 Å². The summed E-state index contributed by atoms with van der Waals surface area (Å²) < 4.78 is 5.14. The van der Waals surface area contributed by atoms with Crippen LogP contribution in [0.2, 0.25) is 0 Å². The summed E-state index contributed by atoms with van der Waals surface area (Å²) in [4.78, 5) is 13.7. The minimum Gasteiger partial charge on any atom is -0.463 e. The Morgan fingerprint density at radius 2 is 2.11 bits per heavy atom. The molecule has 100 valence electrons. The van der Waals surface area contributed by atoms with E-state index in [0.717, 1.165) is 12.2 Å². The Balaban J connectivity index is 2.55. The predicted octanol–water partition coefficient (Wildman–Crippen LogP) is 3.16. The van der Waals surface area contributed by atoms with Gasteiger partial charge in [-0.3, -0.25) is 4.79 Å².